The van der Waals surface area contributed by atoms with Gasteiger partial charge in [0, 0.05) is 59.0 Å². The summed E-state index contributed by atoms with van der Waals surface area (Å²) in [5.74, 6) is -0.684. The quantitative estimate of drug-likeness (QED) is 0.0696. The Balaban J connectivity index is 0.00000261. The number of hydrogen-bond acceptors (Lipinski definition) is 7. The molecule has 0 bridgehead atoms. The maximum Gasteiger partial charge on any atom is 1.00 e. The first kappa shape index (κ1) is 47.0. The molecule has 0 aliphatic carbocycles. The van der Waals surface area contributed by atoms with E-state index in [0.717, 1.165) is 35.6 Å². The molecular weight excluding hydrogens is 806 g/mol. The molecule has 6 rings (SSSR count). The third-order valence-electron chi connectivity index (χ3n) is 10.6. The average Bonchev–Trinajstić information content (AvgIpc) is 3.42. The predicted octanol–water partition coefficient (Wildman–Crippen LogP) is -0.950. The van der Waals surface area contributed by atoms with E-state index in [9.17, 15) is 25.9 Å². The molecule has 2 aliphatic heterocycles. The van der Waals surface area contributed by atoms with E-state index in [-0.39, 0.29) is 98.4 Å². The zero-order chi connectivity index (χ0) is 36.6. The van der Waals surface area contributed by atoms with Gasteiger partial charge >= 0.3 is 59.1 Å². The molecule has 13 heteroatoms. The van der Waals surface area contributed by atoms with Crippen molar-refractivity contribution in [3.63, 3.8) is 0 Å². The second-order valence-corrected chi connectivity index (χ2v) is 17.9. The fourth-order valence-corrected chi connectivity index (χ4v) is 9.35. The minimum Gasteiger partial charge on any atom is -1.00 e. The molecule has 0 N–H and O–H groups in total. The number of benzene rings is 4. The molecule has 0 saturated carbocycles. The summed E-state index contributed by atoms with van der Waals surface area (Å²) in [7, 11) is -8.47. The summed E-state index contributed by atoms with van der Waals surface area (Å²) in [6, 6.07) is 25.5. The van der Waals surface area contributed by atoms with Crippen molar-refractivity contribution < 1.29 is 107 Å². The first-order valence-electron chi connectivity index (χ1n) is 17.8. The van der Waals surface area contributed by atoms with Gasteiger partial charge in [0.25, 0.3) is 0 Å². The maximum atomic E-state index is 11.2. The molecule has 4 aromatic rings. The number of fused-ring (bicyclic) bond motifs is 6. The van der Waals surface area contributed by atoms with Gasteiger partial charge < -0.3 is 31.0 Å². The summed E-state index contributed by atoms with van der Waals surface area (Å²) in [4.78, 5) is 2.35. The second kappa shape index (κ2) is 18.9. The van der Waals surface area contributed by atoms with Crippen molar-refractivity contribution in [2.24, 2.45) is 0 Å². The minimum absolute atomic E-state index is 0. The van der Waals surface area contributed by atoms with Crippen LogP contribution in [-0.2, 0) is 31.1 Å². The van der Waals surface area contributed by atoms with Crippen LogP contribution in [0.4, 0.5) is 11.4 Å². The summed E-state index contributed by atoms with van der Waals surface area (Å²) in [5, 5.41) is 4.77. The van der Waals surface area contributed by atoms with Crippen molar-refractivity contribution in [3.05, 3.63) is 108 Å². The third kappa shape index (κ3) is 10.2. The van der Waals surface area contributed by atoms with Crippen LogP contribution in [0, 0.1) is 0 Å². The van der Waals surface area contributed by atoms with E-state index < -0.39 is 20.2 Å². The van der Waals surface area contributed by atoms with E-state index in [1.54, 1.807) is 0 Å². The molecule has 54 heavy (non-hydrogen) atoms. The van der Waals surface area contributed by atoms with Crippen molar-refractivity contribution in [1.29, 1.82) is 0 Å². The van der Waals surface area contributed by atoms with Crippen LogP contribution in [0.3, 0.4) is 0 Å². The Morgan fingerprint density at radius 2 is 1.20 bits per heavy atom. The molecule has 278 valence electrons. The number of allylic oxidation sites excluding steroid dienone is 4. The van der Waals surface area contributed by atoms with Gasteiger partial charge in [-0.05, 0) is 84.8 Å². The van der Waals surface area contributed by atoms with Gasteiger partial charge in [0.15, 0.2) is 5.71 Å². The number of hydrogen-bond donors (Lipinski definition) is 0. The van der Waals surface area contributed by atoms with Crippen molar-refractivity contribution in [3.8, 4) is 0 Å². The number of nitrogens with zero attached hydrogens (tertiary/aromatic N) is 2. The maximum absolute atomic E-state index is 11.2. The van der Waals surface area contributed by atoms with Crippen LogP contribution in [0.1, 0.15) is 77.3 Å². The van der Waals surface area contributed by atoms with E-state index in [1.807, 2.05) is 0 Å². The average molecular weight is 854 g/mol. The Bertz CT molecular complexity index is 2310. The molecule has 2 heterocycles. The topological polar surface area (TPSA) is 121 Å². The van der Waals surface area contributed by atoms with Crippen LogP contribution in [0.15, 0.2) is 96.7 Å². The summed E-state index contributed by atoms with van der Waals surface area (Å²) >= 11 is 0. The fraction of sp³-hybridized carbons (Fsp3) is 0.390. The van der Waals surface area contributed by atoms with Gasteiger partial charge in [0.05, 0.1) is 25.7 Å². The van der Waals surface area contributed by atoms with E-state index in [0.29, 0.717) is 38.8 Å². The van der Waals surface area contributed by atoms with E-state index in [4.69, 9.17) is 0 Å². The summed E-state index contributed by atoms with van der Waals surface area (Å²) in [6.07, 6.45) is 10.0. The number of unbranched alkanes of at least 4 members (excludes halogenated alkanes) is 4. The van der Waals surface area contributed by atoms with E-state index in [1.165, 1.54) is 32.7 Å². The summed E-state index contributed by atoms with van der Waals surface area (Å²) in [6.45, 7) is 10.4. The Morgan fingerprint density at radius 1 is 0.667 bits per heavy atom. The van der Waals surface area contributed by atoms with Gasteiger partial charge in [0.1, 0.15) is 6.54 Å². The molecule has 0 saturated heterocycles. The van der Waals surface area contributed by atoms with Crippen LogP contribution >= 0.6 is 0 Å². The smallest absolute Gasteiger partial charge is 1.00 e. The van der Waals surface area contributed by atoms with Gasteiger partial charge in [-0.1, -0.05) is 80.9 Å². The zero-order valence-electron chi connectivity index (χ0n) is 32.3. The Labute approximate surface area is 376 Å². The monoisotopic (exact) mass is 852 g/mol. The van der Waals surface area contributed by atoms with Crippen LogP contribution in [0.5, 0.6) is 0 Å². The molecule has 0 unspecified atom stereocenters. The predicted molar refractivity (Wildman–Crippen MR) is 205 cm³/mol. The third-order valence-corrected chi connectivity index (χ3v) is 12.1. The summed E-state index contributed by atoms with van der Waals surface area (Å²) in [5.41, 5.74) is 6.45. The fourth-order valence-electron chi connectivity index (χ4n) is 8.23. The SMILES string of the molecule is CC1(C)C(/C=C/C=C2\N(CCCCCS(=O)(=O)[O-])c3ccc4ccccc4c3C2(C)C)=[N+](CCCCCS(=O)(=O)[O-])c2ccc3ccccc3c21.[Br-].[Na+].[Na+]. The Morgan fingerprint density at radius 3 is 1.80 bits per heavy atom. The number of anilines is 1. The van der Waals surface area contributed by atoms with E-state index >= 15 is 0 Å². The van der Waals surface area contributed by atoms with Crippen LogP contribution in [0.25, 0.3) is 21.5 Å². The van der Waals surface area contributed by atoms with E-state index in [2.05, 4.69) is 128 Å². The van der Waals surface area contributed by atoms with Gasteiger partial charge in [-0.3, -0.25) is 0 Å². The van der Waals surface area contributed by atoms with Crippen molar-refractivity contribution in [1.82, 2.24) is 0 Å². The van der Waals surface area contributed by atoms with Gasteiger partial charge in [-0.15, -0.1) is 0 Å². The molecule has 0 spiro atoms. The first-order valence-corrected chi connectivity index (χ1v) is 21.0. The molecule has 0 aromatic heterocycles. The van der Waals surface area contributed by atoms with Crippen LogP contribution < -0.4 is 81.0 Å². The molecular formula is C41H47BrN2Na2O6S2. The van der Waals surface area contributed by atoms with Crippen molar-refractivity contribution >= 4 is 58.9 Å². The Hall–Kier alpha value is -1.35. The molecule has 0 radical (unpaired) electrons. The Kier molecular flexibility index (Phi) is 16.5. The molecule has 8 nitrogen and oxygen atoms in total. The minimum atomic E-state index is -4.23. The first-order chi connectivity index (χ1) is 24.1. The van der Waals surface area contributed by atoms with Crippen molar-refractivity contribution in [2.45, 2.75) is 77.0 Å². The van der Waals surface area contributed by atoms with Gasteiger partial charge in [0.2, 0.25) is 5.69 Å². The van der Waals surface area contributed by atoms with Crippen molar-refractivity contribution in [2.75, 3.05) is 29.5 Å². The standard InChI is InChI=1S/C41H48N2O6S2.BrH.2Na/c1-40(2)36(42(26-11-5-13-28-50(44,45)46)34-24-22-30-16-7-9-18-32(30)38(34)40)20-15-21-37-41(3,4)39-33-19-10-8-17-31(33)23-25-35(39)43(37)27-12-6-14-29-51(47,48)49;;;/h7-10,15-25H,5-6,11-14,26-29H2,1-4H3,(H-,44,45,46,47,48,49);1H;;/q;;2*+1/p-2. The zero-order valence-corrected chi connectivity index (χ0v) is 39.5. The second-order valence-electron chi connectivity index (χ2n) is 14.9. The largest absolute Gasteiger partial charge is 1.00 e. The number of rotatable bonds is 14. The summed E-state index contributed by atoms with van der Waals surface area (Å²) < 4.78 is 69.6. The van der Waals surface area contributed by atoms with Gasteiger partial charge in [-0.2, -0.15) is 4.58 Å². The van der Waals surface area contributed by atoms with Crippen LogP contribution in [0.2, 0.25) is 0 Å². The molecule has 0 atom stereocenters. The van der Waals surface area contributed by atoms with Gasteiger partial charge in [-0.25, -0.2) is 16.8 Å². The molecule has 2 aliphatic rings. The molecule has 0 amide bonds. The number of halogens is 1. The molecule has 4 aromatic carbocycles. The van der Waals surface area contributed by atoms with Crippen LogP contribution in [-0.4, -0.2) is 60.8 Å². The molecule has 0 fully saturated rings. The normalized spacial score (nSPS) is 16.7.